The Morgan fingerprint density at radius 3 is 2.82 bits per heavy atom. The van der Waals surface area contributed by atoms with Gasteiger partial charge in [0.05, 0.1) is 0 Å². The number of nitrogens with two attached hydrogens (primary N) is 1. The van der Waals surface area contributed by atoms with Crippen LogP contribution in [-0.4, -0.2) is 21.9 Å². The number of hydrogen-bond donors (Lipinski definition) is 2. The summed E-state index contributed by atoms with van der Waals surface area (Å²) in [5.74, 6) is 0.537. The van der Waals surface area contributed by atoms with E-state index in [0.29, 0.717) is 17.3 Å². The van der Waals surface area contributed by atoms with Gasteiger partial charge in [-0.05, 0) is 31.7 Å². The second-order valence-electron chi connectivity index (χ2n) is 4.74. The summed E-state index contributed by atoms with van der Waals surface area (Å²) in [6.45, 7) is 3.96. The van der Waals surface area contributed by atoms with Crippen molar-refractivity contribution in [2.75, 3.05) is 5.73 Å². The number of aromatic nitrogens is 2. The highest BCUT2D eigenvalue weighted by molar-refractivity contribution is 5.92. The zero-order valence-corrected chi connectivity index (χ0v) is 10.2. The zero-order valence-electron chi connectivity index (χ0n) is 10.2. The molecule has 0 aromatic carbocycles. The fraction of sp³-hybridized carbons (Fsp3) is 0.583. The van der Waals surface area contributed by atoms with Crippen LogP contribution >= 0.6 is 0 Å². The molecule has 1 aromatic heterocycles. The number of rotatable bonds is 2. The molecule has 1 aliphatic carbocycles. The third-order valence-electron chi connectivity index (χ3n) is 3.28. The minimum absolute atomic E-state index is 0.148. The lowest BCUT2D eigenvalue weighted by Crippen LogP contribution is -2.37. The summed E-state index contributed by atoms with van der Waals surface area (Å²) in [6.07, 6.45) is 3.40. The summed E-state index contributed by atoms with van der Waals surface area (Å²) in [6, 6.07) is 1.92. The second-order valence-corrected chi connectivity index (χ2v) is 4.74. The number of carbonyl (C=O) groups excluding carboxylic acids is 1. The van der Waals surface area contributed by atoms with Crippen LogP contribution in [0.15, 0.2) is 6.07 Å². The van der Waals surface area contributed by atoms with Crippen LogP contribution in [0.5, 0.6) is 0 Å². The van der Waals surface area contributed by atoms with Crippen LogP contribution in [0.1, 0.15) is 42.4 Å². The van der Waals surface area contributed by atoms with Crippen LogP contribution in [0.2, 0.25) is 0 Å². The molecule has 1 heterocycles. The van der Waals surface area contributed by atoms with Gasteiger partial charge < -0.3 is 11.1 Å². The van der Waals surface area contributed by atoms with E-state index in [1.807, 2.05) is 0 Å². The average molecular weight is 234 g/mol. The first kappa shape index (κ1) is 11.8. The number of amides is 1. The van der Waals surface area contributed by atoms with Crippen LogP contribution in [0.3, 0.4) is 0 Å². The maximum Gasteiger partial charge on any atom is 0.270 e. The Labute approximate surface area is 101 Å². The zero-order chi connectivity index (χ0) is 12.4. The average Bonchev–Trinajstić information content (AvgIpc) is 2.63. The van der Waals surface area contributed by atoms with E-state index in [2.05, 4.69) is 22.2 Å². The predicted octanol–water partition coefficient (Wildman–Crippen LogP) is 1.29. The summed E-state index contributed by atoms with van der Waals surface area (Å²) >= 11 is 0. The molecule has 5 nitrogen and oxygen atoms in total. The number of carbonyl (C=O) groups is 1. The molecule has 2 rings (SSSR count). The van der Waals surface area contributed by atoms with Crippen LogP contribution in [-0.2, 0) is 0 Å². The van der Waals surface area contributed by atoms with Gasteiger partial charge in [-0.2, -0.15) is 0 Å². The molecule has 92 valence electrons. The lowest BCUT2D eigenvalue weighted by Gasteiger charge is -2.16. The lowest BCUT2D eigenvalue weighted by molar-refractivity contribution is 0.0924. The van der Waals surface area contributed by atoms with Crippen LogP contribution in [0.4, 0.5) is 5.95 Å². The molecule has 0 aliphatic heterocycles. The van der Waals surface area contributed by atoms with Gasteiger partial charge in [-0.15, -0.1) is 0 Å². The Kier molecular flexibility index (Phi) is 3.26. The van der Waals surface area contributed by atoms with E-state index in [1.54, 1.807) is 13.0 Å². The first-order valence-corrected chi connectivity index (χ1v) is 5.98. The van der Waals surface area contributed by atoms with Crippen molar-refractivity contribution in [1.29, 1.82) is 0 Å². The van der Waals surface area contributed by atoms with Gasteiger partial charge in [-0.25, -0.2) is 9.97 Å². The number of nitrogens with one attached hydrogen (secondary N) is 1. The summed E-state index contributed by atoms with van der Waals surface area (Å²) in [5.41, 5.74) is 6.60. The summed E-state index contributed by atoms with van der Waals surface area (Å²) in [7, 11) is 0. The van der Waals surface area contributed by atoms with Gasteiger partial charge in [0.15, 0.2) is 0 Å². The molecule has 1 aromatic rings. The molecule has 1 aliphatic rings. The molecule has 5 heteroatoms. The summed E-state index contributed by atoms with van der Waals surface area (Å²) in [5, 5.41) is 3.01. The van der Waals surface area contributed by atoms with Crippen molar-refractivity contribution in [3.8, 4) is 0 Å². The van der Waals surface area contributed by atoms with Crippen molar-refractivity contribution in [1.82, 2.24) is 15.3 Å². The van der Waals surface area contributed by atoms with Crippen LogP contribution < -0.4 is 11.1 Å². The van der Waals surface area contributed by atoms with E-state index >= 15 is 0 Å². The van der Waals surface area contributed by atoms with Crippen molar-refractivity contribution in [3.63, 3.8) is 0 Å². The largest absolute Gasteiger partial charge is 0.368 e. The molecule has 1 fully saturated rings. The van der Waals surface area contributed by atoms with Crippen LogP contribution in [0.25, 0.3) is 0 Å². The van der Waals surface area contributed by atoms with Crippen molar-refractivity contribution < 1.29 is 4.79 Å². The molecular weight excluding hydrogens is 216 g/mol. The Hall–Kier alpha value is -1.65. The summed E-state index contributed by atoms with van der Waals surface area (Å²) in [4.78, 5) is 19.9. The van der Waals surface area contributed by atoms with Crippen molar-refractivity contribution in [2.45, 2.75) is 39.2 Å². The fourth-order valence-corrected chi connectivity index (χ4v) is 2.31. The van der Waals surface area contributed by atoms with Gasteiger partial charge in [0.2, 0.25) is 5.95 Å². The molecule has 2 unspecified atom stereocenters. The third kappa shape index (κ3) is 2.72. The van der Waals surface area contributed by atoms with E-state index in [9.17, 15) is 4.79 Å². The highest BCUT2D eigenvalue weighted by atomic mass is 16.1. The van der Waals surface area contributed by atoms with Crippen LogP contribution in [0, 0.1) is 12.8 Å². The Balaban J connectivity index is 2.09. The van der Waals surface area contributed by atoms with Gasteiger partial charge in [0.25, 0.3) is 5.91 Å². The molecule has 2 atom stereocenters. The maximum absolute atomic E-state index is 12.0. The van der Waals surface area contributed by atoms with E-state index < -0.39 is 0 Å². The molecule has 17 heavy (non-hydrogen) atoms. The first-order chi connectivity index (χ1) is 8.06. The number of aryl methyl sites for hydroxylation is 1. The highest BCUT2D eigenvalue weighted by Gasteiger charge is 2.25. The molecule has 3 N–H and O–H groups in total. The minimum Gasteiger partial charge on any atom is -0.368 e. The standard InChI is InChI=1S/C12H18N4O/c1-7-4-3-5-9(7)15-11(17)10-6-8(2)14-12(13)16-10/h6-7,9H,3-5H2,1-2H3,(H,15,17)(H2,13,14,16). The normalized spacial score (nSPS) is 23.6. The molecule has 0 spiro atoms. The van der Waals surface area contributed by atoms with E-state index in [1.165, 1.54) is 12.8 Å². The Morgan fingerprint density at radius 2 is 2.24 bits per heavy atom. The van der Waals surface area contributed by atoms with Gasteiger partial charge >= 0.3 is 0 Å². The molecule has 1 saturated carbocycles. The number of hydrogen-bond acceptors (Lipinski definition) is 4. The highest BCUT2D eigenvalue weighted by Crippen LogP contribution is 2.24. The smallest absolute Gasteiger partial charge is 0.270 e. The van der Waals surface area contributed by atoms with E-state index in [-0.39, 0.29) is 17.9 Å². The monoisotopic (exact) mass is 234 g/mol. The number of nitrogen functional groups attached to an aromatic ring is 1. The van der Waals surface area contributed by atoms with Gasteiger partial charge in [-0.3, -0.25) is 4.79 Å². The van der Waals surface area contributed by atoms with Crippen molar-refractivity contribution >= 4 is 11.9 Å². The van der Waals surface area contributed by atoms with Gasteiger partial charge in [0, 0.05) is 11.7 Å². The summed E-state index contributed by atoms with van der Waals surface area (Å²) < 4.78 is 0. The van der Waals surface area contributed by atoms with E-state index in [4.69, 9.17) is 5.73 Å². The number of anilines is 1. The SMILES string of the molecule is Cc1cc(C(=O)NC2CCCC2C)nc(N)n1. The minimum atomic E-state index is -0.152. The van der Waals surface area contributed by atoms with Crippen molar-refractivity contribution in [3.05, 3.63) is 17.5 Å². The Bertz CT molecular complexity index is 412. The first-order valence-electron chi connectivity index (χ1n) is 5.98. The molecule has 0 saturated heterocycles. The molecular formula is C12H18N4O. The second kappa shape index (κ2) is 4.69. The fourth-order valence-electron chi connectivity index (χ4n) is 2.31. The Morgan fingerprint density at radius 1 is 1.47 bits per heavy atom. The van der Waals surface area contributed by atoms with Crippen molar-refractivity contribution in [2.24, 2.45) is 5.92 Å². The molecule has 1 amide bonds. The lowest BCUT2D eigenvalue weighted by atomic mass is 10.1. The number of nitrogens with zero attached hydrogens (tertiary/aromatic N) is 2. The van der Waals surface area contributed by atoms with E-state index in [0.717, 1.165) is 6.42 Å². The quantitative estimate of drug-likeness (QED) is 0.807. The maximum atomic E-state index is 12.0. The van der Waals surface area contributed by atoms with Gasteiger partial charge in [0.1, 0.15) is 5.69 Å². The molecule has 0 radical (unpaired) electrons. The molecule has 0 bridgehead atoms. The van der Waals surface area contributed by atoms with Gasteiger partial charge in [-0.1, -0.05) is 13.3 Å². The topological polar surface area (TPSA) is 80.9 Å². The predicted molar refractivity (Wildman–Crippen MR) is 65.5 cm³/mol. The third-order valence-corrected chi connectivity index (χ3v) is 3.28.